The van der Waals surface area contributed by atoms with E-state index in [4.69, 9.17) is 9.47 Å². The molecule has 0 bridgehead atoms. The van der Waals surface area contributed by atoms with Crippen LogP contribution >= 0.6 is 0 Å². The quantitative estimate of drug-likeness (QED) is 0.0261. The first kappa shape index (κ1) is 70.4. The van der Waals surface area contributed by atoms with Crippen LogP contribution in [-0.2, 0) is 14.3 Å². The Labute approximate surface area is 461 Å². The number of hydrogen-bond acceptors (Lipinski definition) is 8. The maximum atomic E-state index is 13.1. The molecule has 0 spiro atoms. The number of carbonyl (C=O) groups is 1. The van der Waals surface area contributed by atoms with Crippen molar-refractivity contribution in [2.75, 3.05) is 13.2 Å². The lowest BCUT2D eigenvalue weighted by Crippen LogP contribution is -2.60. The van der Waals surface area contributed by atoms with Gasteiger partial charge in [0.25, 0.3) is 0 Å². The van der Waals surface area contributed by atoms with E-state index in [1.807, 2.05) is 0 Å². The highest BCUT2D eigenvalue weighted by Crippen LogP contribution is 2.23. The highest BCUT2D eigenvalue weighted by Gasteiger charge is 2.44. The van der Waals surface area contributed by atoms with Crippen LogP contribution < -0.4 is 5.32 Å². The molecule has 1 amide bonds. The van der Waals surface area contributed by atoms with E-state index in [0.717, 1.165) is 103 Å². The molecule has 6 N–H and O–H groups in total. The standard InChI is InChI=1S/C66H117NO8/c1-3-5-7-9-11-13-15-17-19-21-23-25-27-29-30-32-34-36-38-40-42-44-46-48-50-52-54-56-62(70)67-59(58-74-66-65(73)64(72)63(71)61(57-68)75-66)60(69)55-53-51-49-47-45-43-41-39-37-35-33-31-28-26-24-22-20-18-16-14-12-10-8-6-4-2/h5,7,11,13,17,19,23,25,29-30,34,36,40,42,59-61,63-66,68-69,71-73H,3-4,6,8-10,12,14-16,18,20-22,24,26-28,31-33,35,37-39,41,43-58H2,1-2H3,(H,67,70)/b7-5-,13-11-,19-17-,25-23-,30-29-,36-34-,42-40-. The van der Waals surface area contributed by atoms with Crippen LogP contribution in [0, 0.1) is 0 Å². The number of unbranched alkanes of at least 4 members (excludes halogenated alkanes) is 29. The van der Waals surface area contributed by atoms with Gasteiger partial charge in [-0.25, -0.2) is 0 Å². The molecule has 0 saturated carbocycles. The molecule has 0 radical (unpaired) electrons. The third-order valence-electron chi connectivity index (χ3n) is 14.5. The molecule has 1 fully saturated rings. The summed E-state index contributed by atoms with van der Waals surface area (Å²) in [6.45, 7) is 3.73. The summed E-state index contributed by atoms with van der Waals surface area (Å²) >= 11 is 0. The Hall–Kier alpha value is -2.63. The Morgan fingerprint density at radius 1 is 0.467 bits per heavy atom. The first-order valence-corrected chi connectivity index (χ1v) is 31.3. The second-order valence-electron chi connectivity index (χ2n) is 21.5. The summed E-state index contributed by atoms with van der Waals surface area (Å²) in [7, 11) is 0. The van der Waals surface area contributed by atoms with Gasteiger partial charge in [0.15, 0.2) is 6.29 Å². The molecular formula is C66H117NO8. The van der Waals surface area contributed by atoms with Gasteiger partial charge >= 0.3 is 0 Å². The van der Waals surface area contributed by atoms with Crippen molar-refractivity contribution < 1.29 is 39.8 Å². The van der Waals surface area contributed by atoms with Crippen LogP contribution in [0.25, 0.3) is 0 Å². The van der Waals surface area contributed by atoms with Crippen molar-refractivity contribution in [1.82, 2.24) is 5.32 Å². The van der Waals surface area contributed by atoms with Crippen LogP contribution in [-0.4, -0.2) is 87.5 Å². The Morgan fingerprint density at radius 3 is 1.23 bits per heavy atom. The zero-order chi connectivity index (χ0) is 54.3. The minimum absolute atomic E-state index is 0.150. The minimum Gasteiger partial charge on any atom is -0.394 e. The van der Waals surface area contributed by atoms with Gasteiger partial charge in [0, 0.05) is 6.42 Å². The molecule has 1 rings (SSSR count). The Bertz CT molecular complexity index is 1450. The van der Waals surface area contributed by atoms with Crippen molar-refractivity contribution in [2.24, 2.45) is 0 Å². The van der Waals surface area contributed by atoms with Gasteiger partial charge in [0.2, 0.25) is 5.91 Å². The number of allylic oxidation sites excluding steroid dienone is 14. The summed E-state index contributed by atoms with van der Waals surface area (Å²) in [5.74, 6) is -0.163. The molecule has 9 heteroatoms. The molecule has 1 aliphatic heterocycles. The van der Waals surface area contributed by atoms with Gasteiger partial charge in [-0.05, 0) is 70.6 Å². The fraction of sp³-hybridized carbons (Fsp3) is 0.773. The highest BCUT2D eigenvalue weighted by atomic mass is 16.7. The lowest BCUT2D eigenvalue weighted by Gasteiger charge is -2.40. The third kappa shape index (κ3) is 44.0. The zero-order valence-electron chi connectivity index (χ0n) is 48.3. The molecule has 75 heavy (non-hydrogen) atoms. The number of aliphatic hydroxyl groups excluding tert-OH is 5. The number of aliphatic hydroxyl groups is 5. The van der Waals surface area contributed by atoms with Crippen molar-refractivity contribution >= 4 is 5.91 Å². The number of hydrogen-bond donors (Lipinski definition) is 6. The summed E-state index contributed by atoms with van der Waals surface area (Å²) in [4.78, 5) is 13.1. The second kappa shape index (κ2) is 54.7. The minimum atomic E-state index is -1.56. The number of nitrogens with one attached hydrogen (secondary N) is 1. The number of rotatable bonds is 53. The van der Waals surface area contributed by atoms with Gasteiger partial charge < -0.3 is 40.3 Å². The van der Waals surface area contributed by atoms with Gasteiger partial charge in [0.1, 0.15) is 24.4 Å². The van der Waals surface area contributed by atoms with Crippen molar-refractivity contribution in [3.05, 3.63) is 85.1 Å². The van der Waals surface area contributed by atoms with Gasteiger partial charge in [-0.1, -0.05) is 279 Å². The fourth-order valence-corrected chi connectivity index (χ4v) is 9.61. The van der Waals surface area contributed by atoms with Crippen LogP contribution in [0.4, 0.5) is 0 Å². The van der Waals surface area contributed by atoms with Crippen LogP contribution in [0.2, 0.25) is 0 Å². The van der Waals surface area contributed by atoms with Gasteiger partial charge in [-0.2, -0.15) is 0 Å². The second-order valence-corrected chi connectivity index (χ2v) is 21.5. The molecule has 0 aromatic carbocycles. The molecule has 7 atom stereocenters. The predicted octanol–water partition coefficient (Wildman–Crippen LogP) is 16.2. The highest BCUT2D eigenvalue weighted by molar-refractivity contribution is 5.76. The number of amides is 1. The van der Waals surface area contributed by atoms with Crippen molar-refractivity contribution in [1.29, 1.82) is 0 Å². The number of ether oxygens (including phenoxy) is 2. The van der Waals surface area contributed by atoms with Gasteiger partial charge in [0.05, 0.1) is 25.4 Å². The number of carbonyl (C=O) groups excluding carboxylic acids is 1. The Balaban J connectivity index is 2.21. The molecule has 434 valence electrons. The maximum Gasteiger partial charge on any atom is 0.220 e. The van der Waals surface area contributed by atoms with E-state index in [-0.39, 0.29) is 12.5 Å². The summed E-state index contributed by atoms with van der Waals surface area (Å²) in [5, 5.41) is 54.8. The summed E-state index contributed by atoms with van der Waals surface area (Å²) in [5.41, 5.74) is 0. The lowest BCUT2D eigenvalue weighted by atomic mass is 9.99. The normalized spacial score (nSPS) is 19.5. The summed E-state index contributed by atoms with van der Waals surface area (Å²) < 4.78 is 11.3. The van der Waals surface area contributed by atoms with E-state index < -0.39 is 49.5 Å². The average Bonchev–Trinajstić information content (AvgIpc) is 3.41. The topological polar surface area (TPSA) is 149 Å². The molecule has 0 aromatic heterocycles. The Kier molecular flexibility index (Phi) is 51.3. The van der Waals surface area contributed by atoms with E-state index in [0.29, 0.717) is 12.8 Å². The van der Waals surface area contributed by atoms with Crippen LogP contribution in [0.15, 0.2) is 85.1 Å². The van der Waals surface area contributed by atoms with E-state index in [9.17, 15) is 30.3 Å². The Morgan fingerprint density at radius 2 is 0.827 bits per heavy atom. The molecule has 1 saturated heterocycles. The summed E-state index contributed by atoms with van der Waals surface area (Å²) in [6, 6.07) is -0.737. The van der Waals surface area contributed by atoms with Crippen molar-refractivity contribution in [2.45, 2.75) is 314 Å². The zero-order valence-corrected chi connectivity index (χ0v) is 48.3. The largest absolute Gasteiger partial charge is 0.394 e. The van der Waals surface area contributed by atoms with Gasteiger partial charge in [-0.15, -0.1) is 0 Å². The lowest BCUT2D eigenvalue weighted by molar-refractivity contribution is -0.302. The summed E-state index contributed by atoms with van der Waals surface area (Å²) in [6.07, 6.45) is 70.4. The smallest absolute Gasteiger partial charge is 0.220 e. The first-order chi connectivity index (χ1) is 36.8. The van der Waals surface area contributed by atoms with Crippen LogP contribution in [0.5, 0.6) is 0 Å². The molecule has 9 nitrogen and oxygen atoms in total. The molecule has 0 aliphatic carbocycles. The monoisotopic (exact) mass is 1050 g/mol. The van der Waals surface area contributed by atoms with Crippen molar-refractivity contribution in [3.8, 4) is 0 Å². The van der Waals surface area contributed by atoms with Gasteiger partial charge in [-0.3, -0.25) is 4.79 Å². The molecular weight excluding hydrogens is 935 g/mol. The molecule has 1 heterocycles. The van der Waals surface area contributed by atoms with E-state index >= 15 is 0 Å². The van der Waals surface area contributed by atoms with E-state index in [1.54, 1.807) is 0 Å². The predicted molar refractivity (Wildman–Crippen MR) is 318 cm³/mol. The van der Waals surface area contributed by atoms with E-state index in [2.05, 4.69) is 104 Å². The first-order valence-electron chi connectivity index (χ1n) is 31.3. The van der Waals surface area contributed by atoms with Crippen LogP contribution in [0.3, 0.4) is 0 Å². The average molecular weight is 1050 g/mol. The van der Waals surface area contributed by atoms with E-state index in [1.165, 1.54) is 141 Å². The molecule has 0 aromatic rings. The van der Waals surface area contributed by atoms with Crippen LogP contribution in [0.1, 0.15) is 271 Å². The maximum absolute atomic E-state index is 13.1. The third-order valence-corrected chi connectivity index (χ3v) is 14.5. The SMILES string of the molecule is CC/C=C\C/C=C\C/C=C\C/C=C\C/C=C\C/C=C\C/C=C\CCCCCCCC(=O)NC(COC1OC(CO)C(O)C(O)C1O)C(O)CCCCCCCCCCCCCCCCCCCCCCCCCCC. The molecule has 7 unspecified atom stereocenters. The fourth-order valence-electron chi connectivity index (χ4n) is 9.61. The molecule has 1 aliphatic rings. The van der Waals surface area contributed by atoms with Crippen molar-refractivity contribution in [3.63, 3.8) is 0 Å².